The maximum atomic E-state index is 8.73. The number of nitrogens with two attached hydrogens (primary N) is 1. The maximum Gasteiger partial charge on any atom is 0.135 e. The second-order valence-electron chi connectivity index (χ2n) is 3.43. The summed E-state index contributed by atoms with van der Waals surface area (Å²) >= 11 is 0. The van der Waals surface area contributed by atoms with Crippen molar-refractivity contribution in [1.82, 2.24) is 0 Å². The molecule has 84 valence electrons. The van der Waals surface area contributed by atoms with Crippen molar-refractivity contribution in [2.75, 3.05) is 24.2 Å². The van der Waals surface area contributed by atoms with Gasteiger partial charge in [0, 0.05) is 23.5 Å². The zero-order valence-electron chi connectivity index (χ0n) is 8.81. The summed E-state index contributed by atoms with van der Waals surface area (Å²) < 4.78 is 5.30. The Morgan fingerprint density at radius 3 is 2.88 bits per heavy atom. The molecule has 0 aliphatic carbocycles. The predicted octanol–water partition coefficient (Wildman–Crippen LogP) is 1.93. The van der Waals surface area contributed by atoms with Crippen LogP contribution in [0.4, 0.5) is 11.4 Å². The molecule has 2 aromatic rings. The highest BCUT2D eigenvalue weighted by molar-refractivity contribution is 5.76. The van der Waals surface area contributed by atoms with Gasteiger partial charge in [0.1, 0.15) is 5.76 Å². The van der Waals surface area contributed by atoms with E-state index in [9.17, 15) is 0 Å². The number of furan rings is 1. The Morgan fingerprint density at radius 2 is 2.19 bits per heavy atom. The molecule has 0 aliphatic rings. The van der Waals surface area contributed by atoms with Crippen molar-refractivity contribution in [2.24, 2.45) is 0 Å². The van der Waals surface area contributed by atoms with Gasteiger partial charge in [-0.15, -0.1) is 0 Å². The van der Waals surface area contributed by atoms with Gasteiger partial charge >= 0.3 is 0 Å². The van der Waals surface area contributed by atoms with Crippen LogP contribution in [0, 0.1) is 0 Å². The normalized spacial score (nSPS) is 10.3. The summed E-state index contributed by atoms with van der Waals surface area (Å²) in [6.07, 6.45) is 1.61. The molecule has 1 aromatic heterocycles. The minimum absolute atomic E-state index is 0.0977. The fourth-order valence-corrected chi connectivity index (χ4v) is 1.51. The fraction of sp³-hybridized carbons (Fsp3) is 0.167. The van der Waals surface area contributed by atoms with E-state index < -0.39 is 0 Å². The number of benzene rings is 1. The molecule has 0 bridgehead atoms. The van der Waals surface area contributed by atoms with Crippen LogP contribution >= 0.6 is 0 Å². The van der Waals surface area contributed by atoms with Crippen LogP contribution < -0.4 is 11.1 Å². The second kappa shape index (κ2) is 4.72. The first-order valence-electron chi connectivity index (χ1n) is 5.09. The molecule has 1 aromatic carbocycles. The molecular formula is C12H14N2O2. The number of aliphatic hydroxyl groups is 1. The van der Waals surface area contributed by atoms with Crippen LogP contribution in [-0.2, 0) is 0 Å². The van der Waals surface area contributed by atoms with E-state index in [1.807, 2.05) is 30.3 Å². The van der Waals surface area contributed by atoms with E-state index in [-0.39, 0.29) is 6.61 Å². The lowest BCUT2D eigenvalue weighted by molar-refractivity contribution is 0.311. The van der Waals surface area contributed by atoms with Gasteiger partial charge in [-0.1, -0.05) is 0 Å². The second-order valence-corrected chi connectivity index (χ2v) is 3.43. The molecule has 0 aliphatic heterocycles. The van der Waals surface area contributed by atoms with Crippen LogP contribution in [-0.4, -0.2) is 18.3 Å². The molecule has 16 heavy (non-hydrogen) atoms. The number of nitrogen functional groups attached to an aromatic ring is 1. The third kappa shape index (κ3) is 2.17. The van der Waals surface area contributed by atoms with Crippen molar-refractivity contribution in [1.29, 1.82) is 0 Å². The van der Waals surface area contributed by atoms with Gasteiger partial charge in [-0.05, 0) is 30.3 Å². The van der Waals surface area contributed by atoms with Gasteiger partial charge in [0.05, 0.1) is 12.9 Å². The molecule has 0 amide bonds. The van der Waals surface area contributed by atoms with E-state index in [4.69, 9.17) is 15.3 Å². The quantitative estimate of drug-likeness (QED) is 0.686. The van der Waals surface area contributed by atoms with E-state index in [0.717, 1.165) is 17.0 Å². The molecule has 0 fully saturated rings. The molecule has 1 heterocycles. The number of rotatable bonds is 4. The summed E-state index contributed by atoms with van der Waals surface area (Å²) in [5, 5.41) is 11.8. The number of aliphatic hydroxyl groups excluding tert-OH is 1. The third-order valence-electron chi connectivity index (χ3n) is 2.28. The molecule has 0 radical (unpaired) electrons. The smallest absolute Gasteiger partial charge is 0.135 e. The van der Waals surface area contributed by atoms with E-state index in [1.165, 1.54) is 0 Å². The Hall–Kier alpha value is -1.94. The molecule has 0 unspecified atom stereocenters. The van der Waals surface area contributed by atoms with Crippen LogP contribution in [0.2, 0.25) is 0 Å². The first kappa shape index (κ1) is 10.6. The number of hydrogen-bond donors (Lipinski definition) is 3. The average Bonchev–Trinajstić information content (AvgIpc) is 2.81. The summed E-state index contributed by atoms with van der Waals surface area (Å²) in [4.78, 5) is 0. The van der Waals surface area contributed by atoms with Crippen molar-refractivity contribution in [3.63, 3.8) is 0 Å². The largest absolute Gasteiger partial charge is 0.464 e. The first-order valence-corrected chi connectivity index (χ1v) is 5.09. The summed E-state index contributed by atoms with van der Waals surface area (Å²) in [6.45, 7) is 0.613. The van der Waals surface area contributed by atoms with E-state index in [0.29, 0.717) is 12.2 Å². The van der Waals surface area contributed by atoms with Crippen molar-refractivity contribution in [2.45, 2.75) is 0 Å². The lowest BCUT2D eigenvalue weighted by Gasteiger charge is -2.08. The molecule has 4 nitrogen and oxygen atoms in total. The Kier molecular flexibility index (Phi) is 3.12. The van der Waals surface area contributed by atoms with E-state index in [1.54, 1.807) is 6.26 Å². The predicted molar refractivity (Wildman–Crippen MR) is 64.1 cm³/mol. The number of hydrogen-bond acceptors (Lipinski definition) is 4. The first-order chi connectivity index (χ1) is 7.81. The minimum Gasteiger partial charge on any atom is -0.464 e. The van der Waals surface area contributed by atoms with Gasteiger partial charge in [0.25, 0.3) is 0 Å². The highest BCUT2D eigenvalue weighted by Gasteiger charge is 2.06. The van der Waals surface area contributed by atoms with E-state index >= 15 is 0 Å². The Labute approximate surface area is 93.7 Å². The summed E-state index contributed by atoms with van der Waals surface area (Å²) in [7, 11) is 0. The molecule has 4 N–H and O–H groups in total. The number of nitrogens with one attached hydrogen (secondary N) is 1. The standard InChI is InChI=1S/C12H14N2O2/c13-11-4-3-9(14-5-6-15)8-10(11)12-2-1-7-16-12/h1-4,7-8,14-15H,5-6,13H2. The Bertz CT molecular complexity index is 452. The zero-order valence-corrected chi connectivity index (χ0v) is 8.81. The maximum absolute atomic E-state index is 8.73. The van der Waals surface area contributed by atoms with Crippen molar-refractivity contribution < 1.29 is 9.52 Å². The number of anilines is 2. The summed E-state index contributed by atoms with van der Waals surface area (Å²) in [6, 6.07) is 9.28. The Balaban J connectivity index is 2.30. The Morgan fingerprint density at radius 1 is 1.31 bits per heavy atom. The lowest BCUT2D eigenvalue weighted by Crippen LogP contribution is -2.05. The summed E-state index contributed by atoms with van der Waals surface area (Å²) in [5.41, 5.74) is 8.31. The van der Waals surface area contributed by atoms with Crippen LogP contribution in [0.3, 0.4) is 0 Å². The topological polar surface area (TPSA) is 71.4 Å². The molecule has 4 heteroatoms. The van der Waals surface area contributed by atoms with Gasteiger partial charge < -0.3 is 20.6 Å². The average molecular weight is 218 g/mol. The monoisotopic (exact) mass is 218 g/mol. The van der Waals surface area contributed by atoms with E-state index in [2.05, 4.69) is 5.32 Å². The highest BCUT2D eigenvalue weighted by Crippen LogP contribution is 2.28. The molecule has 0 saturated heterocycles. The van der Waals surface area contributed by atoms with Crippen molar-refractivity contribution >= 4 is 11.4 Å². The van der Waals surface area contributed by atoms with Gasteiger partial charge in [0.15, 0.2) is 0 Å². The van der Waals surface area contributed by atoms with Gasteiger partial charge in [-0.2, -0.15) is 0 Å². The minimum atomic E-state index is 0.0977. The van der Waals surface area contributed by atoms with Gasteiger partial charge in [-0.3, -0.25) is 0 Å². The SMILES string of the molecule is Nc1ccc(NCCO)cc1-c1ccco1. The molecule has 0 atom stereocenters. The third-order valence-corrected chi connectivity index (χ3v) is 2.28. The molecular weight excluding hydrogens is 204 g/mol. The van der Waals surface area contributed by atoms with Crippen LogP contribution in [0.5, 0.6) is 0 Å². The molecule has 2 rings (SSSR count). The van der Waals surface area contributed by atoms with Crippen LogP contribution in [0.1, 0.15) is 0 Å². The van der Waals surface area contributed by atoms with Crippen molar-refractivity contribution in [3.05, 3.63) is 36.6 Å². The zero-order chi connectivity index (χ0) is 11.4. The summed E-state index contributed by atoms with van der Waals surface area (Å²) in [5.74, 6) is 0.741. The fourth-order valence-electron chi connectivity index (χ4n) is 1.51. The van der Waals surface area contributed by atoms with Crippen molar-refractivity contribution in [3.8, 4) is 11.3 Å². The molecule has 0 spiro atoms. The van der Waals surface area contributed by atoms with Gasteiger partial charge in [-0.25, -0.2) is 0 Å². The highest BCUT2D eigenvalue weighted by atomic mass is 16.3. The lowest BCUT2D eigenvalue weighted by atomic mass is 10.1. The van der Waals surface area contributed by atoms with Crippen LogP contribution in [0.15, 0.2) is 41.0 Å². The van der Waals surface area contributed by atoms with Gasteiger partial charge in [0.2, 0.25) is 0 Å². The molecule has 0 saturated carbocycles. The van der Waals surface area contributed by atoms with Crippen LogP contribution in [0.25, 0.3) is 11.3 Å².